The standard InChI is InChI=1S/C12H15ClN2O/c1-8-4-2-5-9(11(8)13)12(15-14)10-6-3-7-16-10/h2,4-6,12,15H,3,7,14H2,1H3. The molecule has 1 aliphatic rings. The molecule has 0 spiro atoms. The van der Waals surface area contributed by atoms with Crippen molar-refractivity contribution in [3.8, 4) is 0 Å². The summed E-state index contributed by atoms with van der Waals surface area (Å²) < 4.78 is 5.52. The molecule has 1 aliphatic heterocycles. The van der Waals surface area contributed by atoms with E-state index in [0.29, 0.717) is 0 Å². The average Bonchev–Trinajstić information content (AvgIpc) is 2.79. The third kappa shape index (κ3) is 2.07. The number of nitrogens with two attached hydrogens (primary N) is 1. The zero-order chi connectivity index (χ0) is 11.5. The van der Waals surface area contributed by atoms with Gasteiger partial charge >= 0.3 is 0 Å². The van der Waals surface area contributed by atoms with Crippen molar-refractivity contribution in [1.82, 2.24) is 5.43 Å². The molecule has 0 fully saturated rings. The van der Waals surface area contributed by atoms with E-state index in [1.54, 1.807) is 0 Å². The topological polar surface area (TPSA) is 47.3 Å². The SMILES string of the molecule is Cc1cccc(C(NN)C2=CCCO2)c1Cl. The van der Waals surface area contributed by atoms with Crippen LogP contribution in [0.5, 0.6) is 0 Å². The minimum atomic E-state index is -0.158. The maximum absolute atomic E-state index is 6.27. The van der Waals surface area contributed by atoms with E-state index in [0.717, 1.165) is 34.9 Å². The van der Waals surface area contributed by atoms with Gasteiger partial charge in [0.2, 0.25) is 0 Å². The van der Waals surface area contributed by atoms with E-state index in [1.807, 2.05) is 31.2 Å². The Hall–Kier alpha value is -1.03. The van der Waals surface area contributed by atoms with E-state index in [2.05, 4.69) is 5.43 Å². The van der Waals surface area contributed by atoms with Crippen LogP contribution in [-0.4, -0.2) is 6.61 Å². The molecule has 0 radical (unpaired) electrons. The normalized spacial score (nSPS) is 16.8. The first-order valence-electron chi connectivity index (χ1n) is 5.28. The highest BCUT2D eigenvalue weighted by molar-refractivity contribution is 6.32. The fourth-order valence-electron chi connectivity index (χ4n) is 1.86. The molecule has 0 amide bonds. The van der Waals surface area contributed by atoms with Gasteiger partial charge in [0.1, 0.15) is 11.8 Å². The molecule has 0 aromatic heterocycles. The molecular formula is C12H15ClN2O. The number of aryl methyl sites for hydroxylation is 1. The summed E-state index contributed by atoms with van der Waals surface area (Å²) in [4.78, 5) is 0. The lowest BCUT2D eigenvalue weighted by Crippen LogP contribution is -2.30. The second-order valence-electron chi connectivity index (χ2n) is 3.82. The van der Waals surface area contributed by atoms with Crippen molar-refractivity contribution in [2.75, 3.05) is 6.61 Å². The van der Waals surface area contributed by atoms with Crippen LogP contribution in [0.1, 0.15) is 23.6 Å². The van der Waals surface area contributed by atoms with Crippen LogP contribution in [0, 0.1) is 6.92 Å². The number of nitrogens with one attached hydrogen (secondary N) is 1. The van der Waals surface area contributed by atoms with Crippen LogP contribution in [0.25, 0.3) is 0 Å². The molecule has 1 heterocycles. The van der Waals surface area contributed by atoms with E-state index in [-0.39, 0.29) is 6.04 Å². The Morgan fingerprint density at radius 2 is 2.31 bits per heavy atom. The van der Waals surface area contributed by atoms with Crippen LogP contribution in [0.4, 0.5) is 0 Å². The third-order valence-electron chi connectivity index (χ3n) is 2.72. The van der Waals surface area contributed by atoms with Crippen molar-refractivity contribution in [2.45, 2.75) is 19.4 Å². The average molecular weight is 239 g/mol. The van der Waals surface area contributed by atoms with E-state index < -0.39 is 0 Å². The first-order valence-corrected chi connectivity index (χ1v) is 5.66. The van der Waals surface area contributed by atoms with E-state index in [4.69, 9.17) is 22.2 Å². The molecule has 1 aromatic rings. The largest absolute Gasteiger partial charge is 0.496 e. The lowest BCUT2D eigenvalue weighted by Gasteiger charge is -2.19. The number of benzene rings is 1. The van der Waals surface area contributed by atoms with Crippen LogP contribution in [0.15, 0.2) is 30.0 Å². The zero-order valence-corrected chi connectivity index (χ0v) is 9.92. The van der Waals surface area contributed by atoms with Gasteiger partial charge in [-0.25, -0.2) is 5.43 Å². The minimum absolute atomic E-state index is 0.158. The van der Waals surface area contributed by atoms with Crippen LogP contribution >= 0.6 is 11.6 Å². The summed E-state index contributed by atoms with van der Waals surface area (Å²) in [7, 11) is 0. The summed E-state index contributed by atoms with van der Waals surface area (Å²) >= 11 is 6.27. The molecule has 1 unspecified atom stereocenters. The van der Waals surface area contributed by atoms with Crippen LogP contribution in [0.2, 0.25) is 5.02 Å². The molecule has 3 N–H and O–H groups in total. The highest BCUT2D eigenvalue weighted by Crippen LogP contribution is 2.32. The predicted molar refractivity (Wildman–Crippen MR) is 64.9 cm³/mol. The van der Waals surface area contributed by atoms with Gasteiger partial charge in [-0.15, -0.1) is 0 Å². The first kappa shape index (κ1) is 11.5. The van der Waals surface area contributed by atoms with Gasteiger partial charge in [-0.2, -0.15) is 0 Å². The number of hydrazine groups is 1. The zero-order valence-electron chi connectivity index (χ0n) is 9.16. The lowest BCUT2D eigenvalue weighted by atomic mass is 10.0. The van der Waals surface area contributed by atoms with Crippen molar-refractivity contribution in [3.63, 3.8) is 0 Å². The quantitative estimate of drug-likeness (QED) is 0.628. The van der Waals surface area contributed by atoms with Gasteiger partial charge in [-0.05, 0) is 24.1 Å². The second-order valence-corrected chi connectivity index (χ2v) is 4.20. The summed E-state index contributed by atoms with van der Waals surface area (Å²) in [6.07, 6.45) is 2.97. The third-order valence-corrected chi connectivity index (χ3v) is 3.23. The molecule has 1 aromatic carbocycles. The highest BCUT2D eigenvalue weighted by Gasteiger charge is 2.22. The lowest BCUT2D eigenvalue weighted by molar-refractivity contribution is 0.215. The molecule has 2 rings (SSSR count). The minimum Gasteiger partial charge on any atom is -0.496 e. The molecule has 86 valence electrons. The summed E-state index contributed by atoms with van der Waals surface area (Å²) in [6, 6.07) is 5.75. The first-order chi connectivity index (χ1) is 7.74. The Balaban J connectivity index is 2.36. The highest BCUT2D eigenvalue weighted by atomic mass is 35.5. The van der Waals surface area contributed by atoms with Crippen molar-refractivity contribution < 1.29 is 4.74 Å². The molecule has 16 heavy (non-hydrogen) atoms. The maximum atomic E-state index is 6.27. The van der Waals surface area contributed by atoms with E-state index >= 15 is 0 Å². The van der Waals surface area contributed by atoms with Crippen LogP contribution in [0.3, 0.4) is 0 Å². The molecule has 3 nitrogen and oxygen atoms in total. The van der Waals surface area contributed by atoms with Gasteiger partial charge in [-0.3, -0.25) is 5.84 Å². The Morgan fingerprint density at radius 1 is 1.50 bits per heavy atom. The molecular weight excluding hydrogens is 224 g/mol. The molecule has 1 atom stereocenters. The smallest absolute Gasteiger partial charge is 0.115 e. The van der Waals surface area contributed by atoms with Gasteiger partial charge in [0.15, 0.2) is 0 Å². The van der Waals surface area contributed by atoms with E-state index in [9.17, 15) is 0 Å². The molecule has 0 bridgehead atoms. The number of ether oxygens (including phenoxy) is 1. The summed E-state index contributed by atoms with van der Waals surface area (Å²) in [5.74, 6) is 6.43. The number of rotatable bonds is 3. The van der Waals surface area contributed by atoms with Crippen molar-refractivity contribution in [2.24, 2.45) is 5.84 Å². The number of hydrogen-bond donors (Lipinski definition) is 2. The van der Waals surface area contributed by atoms with Crippen LogP contribution < -0.4 is 11.3 Å². The Bertz CT molecular complexity index is 417. The Morgan fingerprint density at radius 3 is 2.94 bits per heavy atom. The van der Waals surface area contributed by atoms with Crippen molar-refractivity contribution in [1.29, 1.82) is 0 Å². The van der Waals surface area contributed by atoms with Crippen molar-refractivity contribution in [3.05, 3.63) is 46.2 Å². The summed E-state index contributed by atoms with van der Waals surface area (Å²) in [5, 5.41) is 0.738. The molecule has 4 heteroatoms. The predicted octanol–water partition coefficient (Wildman–Crippen LogP) is 2.46. The fourth-order valence-corrected chi connectivity index (χ4v) is 2.09. The maximum Gasteiger partial charge on any atom is 0.115 e. The Kier molecular flexibility index (Phi) is 3.49. The molecule has 0 saturated carbocycles. The van der Waals surface area contributed by atoms with Crippen LogP contribution in [-0.2, 0) is 4.74 Å². The van der Waals surface area contributed by atoms with Gasteiger partial charge in [0, 0.05) is 11.4 Å². The van der Waals surface area contributed by atoms with E-state index in [1.165, 1.54) is 0 Å². The van der Waals surface area contributed by atoms with Crippen molar-refractivity contribution >= 4 is 11.6 Å². The molecule has 0 saturated heterocycles. The van der Waals surface area contributed by atoms with Gasteiger partial charge in [0.25, 0.3) is 0 Å². The summed E-state index contributed by atoms with van der Waals surface area (Å²) in [6.45, 7) is 2.69. The molecule has 0 aliphatic carbocycles. The number of halogens is 1. The van der Waals surface area contributed by atoms with Gasteiger partial charge in [-0.1, -0.05) is 29.8 Å². The fraction of sp³-hybridized carbons (Fsp3) is 0.333. The second kappa shape index (κ2) is 4.87. The summed E-state index contributed by atoms with van der Waals surface area (Å²) in [5.41, 5.74) is 4.75. The Labute approximate surface area is 100 Å². The van der Waals surface area contributed by atoms with Gasteiger partial charge < -0.3 is 4.74 Å². The van der Waals surface area contributed by atoms with Gasteiger partial charge in [0.05, 0.1) is 6.61 Å². The monoisotopic (exact) mass is 238 g/mol. The number of hydrogen-bond acceptors (Lipinski definition) is 3.